The van der Waals surface area contributed by atoms with Gasteiger partial charge in [-0.25, -0.2) is 9.97 Å². The zero-order valence-electron chi connectivity index (χ0n) is 9.89. The first-order valence-electron chi connectivity index (χ1n) is 5.60. The highest BCUT2D eigenvalue weighted by atomic mass is 32.1. The molecule has 0 aromatic carbocycles. The number of aryl methyl sites for hydroxylation is 1. The largest absolute Gasteiger partial charge is 0.336 e. The van der Waals surface area contributed by atoms with Crippen LogP contribution < -0.4 is 11.1 Å². The molecule has 0 aliphatic carbocycles. The maximum Gasteiger partial charge on any atom is 0.107 e. The molecule has 0 bridgehead atoms. The minimum absolute atomic E-state index is 0.640. The Morgan fingerprint density at radius 1 is 1.41 bits per heavy atom. The number of rotatable bonds is 6. The van der Waals surface area contributed by atoms with Crippen LogP contribution in [0, 0.1) is 6.92 Å². The minimum atomic E-state index is 0.640. The highest BCUT2D eigenvalue weighted by Gasteiger charge is 2.00. The topological polar surface area (TPSA) is 68.8 Å². The van der Waals surface area contributed by atoms with Gasteiger partial charge in [-0.05, 0) is 6.92 Å². The van der Waals surface area contributed by atoms with Crippen LogP contribution in [0.5, 0.6) is 0 Å². The van der Waals surface area contributed by atoms with Crippen molar-refractivity contribution in [2.24, 2.45) is 5.73 Å². The first kappa shape index (κ1) is 12.2. The second-order valence-corrected chi connectivity index (χ2v) is 5.18. The van der Waals surface area contributed by atoms with E-state index in [1.165, 1.54) is 4.88 Å². The quantitative estimate of drug-likeness (QED) is 0.800. The number of hydrogen-bond donors (Lipinski definition) is 2. The first-order chi connectivity index (χ1) is 8.28. The fourth-order valence-electron chi connectivity index (χ4n) is 1.55. The van der Waals surface area contributed by atoms with E-state index in [-0.39, 0.29) is 0 Å². The van der Waals surface area contributed by atoms with E-state index in [0.717, 1.165) is 30.3 Å². The van der Waals surface area contributed by atoms with E-state index < -0.39 is 0 Å². The predicted molar refractivity (Wildman–Crippen MR) is 68.7 cm³/mol. The van der Waals surface area contributed by atoms with Crippen molar-refractivity contribution >= 4 is 11.3 Å². The summed E-state index contributed by atoms with van der Waals surface area (Å²) in [5, 5.41) is 4.44. The van der Waals surface area contributed by atoms with Gasteiger partial charge in [0.1, 0.15) is 5.01 Å². The van der Waals surface area contributed by atoms with E-state index in [9.17, 15) is 0 Å². The molecule has 6 heteroatoms. The lowest BCUT2D eigenvalue weighted by molar-refractivity contribution is 0.675. The number of aromatic nitrogens is 3. The highest BCUT2D eigenvalue weighted by Crippen LogP contribution is 2.10. The summed E-state index contributed by atoms with van der Waals surface area (Å²) >= 11 is 1.72. The third kappa shape index (κ3) is 3.62. The van der Waals surface area contributed by atoms with Crippen LogP contribution in [-0.2, 0) is 19.6 Å². The molecule has 0 saturated heterocycles. The molecule has 2 aromatic rings. The Morgan fingerprint density at radius 2 is 2.29 bits per heavy atom. The predicted octanol–water partition coefficient (Wildman–Crippen LogP) is 0.897. The maximum absolute atomic E-state index is 5.48. The molecule has 0 aliphatic heterocycles. The fraction of sp³-hybridized carbons (Fsp3) is 0.455. The summed E-state index contributed by atoms with van der Waals surface area (Å²) in [5.41, 5.74) is 6.51. The van der Waals surface area contributed by atoms with E-state index in [1.807, 2.05) is 23.3 Å². The van der Waals surface area contributed by atoms with Crippen molar-refractivity contribution in [2.45, 2.75) is 26.6 Å². The Hall–Kier alpha value is -1.24. The van der Waals surface area contributed by atoms with Gasteiger partial charge in [0.05, 0.1) is 12.0 Å². The Balaban J connectivity index is 1.77. The van der Waals surface area contributed by atoms with Crippen LogP contribution >= 0.6 is 11.3 Å². The van der Waals surface area contributed by atoms with Crippen molar-refractivity contribution in [3.05, 3.63) is 34.3 Å². The molecule has 2 heterocycles. The molecule has 2 aromatic heterocycles. The molecule has 0 amide bonds. The molecule has 0 fully saturated rings. The Bertz CT molecular complexity index is 462. The van der Waals surface area contributed by atoms with Gasteiger partial charge in [0.25, 0.3) is 0 Å². The van der Waals surface area contributed by atoms with Gasteiger partial charge in [-0.1, -0.05) is 0 Å². The lowest BCUT2D eigenvalue weighted by Gasteiger charge is -1.99. The number of nitrogens with zero attached hydrogens (tertiary/aromatic N) is 3. The molecule has 0 saturated carbocycles. The van der Waals surface area contributed by atoms with Gasteiger partial charge in [-0.15, -0.1) is 11.3 Å². The summed E-state index contributed by atoms with van der Waals surface area (Å²) in [6.07, 6.45) is 5.74. The highest BCUT2D eigenvalue weighted by molar-refractivity contribution is 7.11. The van der Waals surface area contributed by atoms with Gasteiger partial charge in [0.2, 0.25) is 0 Å². The van der Waals surface area contributed by atoms with Crippen LogP contribution in [0.15, 0.2) is 18.7 Å². The van der Waals surface area contributed by atoms with Gasteiger partial charge < -0.3 is 15.6 Å². The first-order valence-corrected chi connectivity index (χ1v) is 6.42. The summed E-state index contributed by atoms with van der Waals surface area (Å²) in [4.78, 5) is 9.84. The normalized spacial score (nSPS) is 10.9. The summed E-state index contributed by atoms with van der Waals surface area (Å²) in [6.45, 7) is 5.08. The Morgan fingerprint density at radius 3 is 3.00 bits per heavy atom. The van der Waals surface area contributed by atoms with Crippen LogP contribution in [0.1, 0.15) is 15.6 Å². The van der Waals surface area contributed by atoms with Crippen molar-refractivity contribution in [1.82, 2.24) is 19.9 Å². The van der Waals surface area contributed by atoms with Gasteiger partial charge >= 0.3 is 0 Å². The van der Waals surface area contributed by atoms with Crippen LogP contribution in [0.4, 0.5) is 0 Å². The third-order valence-corrected chi connectivity index (χ3v) is 3.24. The van der Waals surface area contributed by atoms with Crippen LogP contribution in [0.3, 0.4) is 0 Å². The van der Waals surface area contributed by atoms with Crippen molar-refractivity contribution in [2.75, 3.05) is 6.54 Å². The summed E-state index contributed by atoms with van der Waals surface area (Å²) in [7, 11) is 0. The molecule has 2 rings (SSSR count). The molecule has 0 spiro atoms. The molecule has 17 heavy (non-hydrogen) atoms. The second-order valence-electron chi connectivity index (χ2n) is 3.86. The van der Waals surface area contributed by atoms with Crippen molar-refractivity contribution in [1.29, 1.82) is 0 Å². The molecule has 0 atom stereocenters. The molecule has 3 N–H and O–H groups in total. The van der Waals surface area contributed by atoms with E-state index in [2.05, 4.69) is 22.2 Å². The summed E-state index contributed by atoms with van der Waals surface area (Å²) in [6, 6.07) is 0. The van der Waals surface area contributed by atoms with Crippen molar-refractivity contribution in [3.63, 3.8) is 0 Å². The average molecular weight is 251 g/mol. The molecule has 0 radical (unpaired) electrons. The number of thiazole rings is 1. The minimum Gasteiger partial charge on any atom is -0.336 e. The van der Waals surface area contributed by atoms with Gasteiger partial charge in [0.15, 0.2) is 0 Å². The number of nitrogens with two attached hydrogens (primary N) is 1. The summed E-state index contributed by atoms with van der Waals surface area (Å²) in [5.74, 6) is 0. The van der Waals surface area contributed by atoms with E-state index in [1.54, 1.807) is 11.3 Å². The van der Waals surface area contributed by atoms with Gasteiger partial charge in [-0.3, -0.25) is 0 Å². The van der Waals surface area contributed by atoms with Crippen molar-refractivity contribution in [3.8, 4) is 0 Å². The zero-order chi connectivity index (χ0) is 12.1. The van der Waals surface area contributed by atoms with Crippen LogP contribution in [0.25, 0.3) is 0 Å². The fourth-order valence-corrected chi connectivity index (χ4v) is 2.31. The van der Waals surface area contributed by atoms with E-state index in [0.29, 0.717) is 6.54 Å². The lowest BCUT2D eigenvalue weighted by Crippen LogP contribution is -2.12. The Labute approximate surface area is 105 Å². The third-order valence-electron chi connectivity index (χ3n) is 2.33. The van der Waals surface area contributed by atoms with Crippen molar-refractivity contribution < 1.29 is 0 Å². The van der Waals surface area contributed by atoms with E-state index in [4.69, 9.17) is 5.73 Å². The van der Waals surface area contributed by atoms with Gasteiger partial charge in [0, 0.05) is 43.4 Å². The summed E-state index contributed by atoms with van der Waals surface area (Å²) < 4.78 is 2.00. The maximum atomic E-state index is 5.48. The monoisotopic (exact) mass is 251 g/mol. The van der Waals surface area contributed by atoms with E-state index >= 15 is 0 Å². The zero-order valence-corrected chi connectivity index (χ0v) is 10.7. The average Bonchev–Trinajstić information content (AvgIpc) is 2.89. The molecular weight excluding hydrogens is 234 g/mol. The van der Waals surface area contributed by atoms with Gasteiger partial charge in [-0.2, -0.15) is 0 Å². The molecule has 0 unspecified atom stereocenters. The number of imidazole rings is 1. The SMILES string of the molecule is Cc1cnc(CNCc2cn(CCN)cn2)s1. The standard InChI is InChI=1S/C11H17N5S/c1-9-4-14-11(17-9)6-13-5-10-7-16(3-2-12)8-15-10/h4,7-8,13H,2-3,5-6,12H2,1H3. The molecule has 92 valence electrons. The number of hydrogen-bond acceptors (Lipinski definition) is 5. The van der Waals surface area contributed by atoms with Crippen LogP contribution in [-0.4, -0.2) is 21.1 Å². The number of nitrogens with one attached hydrogen (secondary N) is 1. The molecule has 0 aliphatic rings. The smallest absolute Gasteiger partial charge is 0.107 e. The molecular formula is C11H17N5S. The second kappa shape index (κ2) is 5.90. The van der Waals surface area contributed by atoms with Crippen LogP contribution in [0.2, 0.25) is 0 Å². The lowest BCUT2D eigenvalue weighted by atomic mass is 10.4. The molecule has 5 nitrogen and oxygen atoms in total. The Kier molecular flexibility index (Phi) is 4.24.